The van der Waals surface area contributed by atoms with E-state index < -0.39 is 0 Å². The Kier molecular flexibility index (Phi) is 3.31. The zero-order chi connectivity index (χ0) is 13.4. The Bertz CT molecular complexity index is 478. The van der Waals surface area contributed by atoms with Crippen LogP contribution in [0.5, 0.6) is 0 Å². The van der Waals surface area contributed by atoms with Gasteiger partial charge in [0.05, 0.1) is 12.2 Å². The number of likely N-dealkylation sites (tertiary alicyclic amines) is 1. The number of nitrogens with one attached hydrogen (secondary N) is 1. The van der Waals surface area contributed by atoms with Gasteiger partial charge in [-0.3, -0.25) is 9.48 Å². The molecular formula is C14H22N4O. The van der Waals surface area contributed by atoms with Gasteiger partial charge >= 0.3 is 0 Å². The monoisotopic (exact) mass is 262 g/mol. The summed E-state index contributed by atoms with van der Waals surface area (Å²) in [5.41, 5.74) is 2.30. The van der Waals surface area contributed by atoms with Gasteiger partial charge in [-0.05, 0) is 32.6 Å². The molecule has 0 aromatic carbocycles. The van der Waals surface area contributed by atoms with Crippen molar-refractivity contribution in [1.29, 1.82) is 0 Å². The second-order valence-electron chi connectivity index (χ2n) is 5.77. The van der Waals surface area contributed by atoms with Crippen molar-refractivity contribution in [3.63, 3.8) is 0 Å². The largest absolute Gasteiger partial charge is 0.337 e. The highest BCUT2D eigenvalue weighted by molar-refractivity contribution is 5.82. The molecule has 1 aromatic rings. The Balaban J connectivity index is 1.66. The van der Waals surface area contributed by atoms with Gasteiger partial charge in [-0.1, -0.05) is 0 Å². The zero-order valence-corrected chi connectivity index (χ0v) is 11.7. The van der Waals surface area contributed by atoms with E-state index in [2.05, 4.69) is 17.3 Å². The number of carbonyl (C=O) groups excluding carboxylic acids is 1. The van der Waals surface area contributed by atoms with Crippen LogP contribution in [0, 0.1) is 6.92 Å². The molecular weight excluding hydrogens is 240 g/mol. The molecule has 1 saturated carbocycles. The van der Waals surface area contributed by atoms with Gasteiger partial charge in [0.15, 0.2) is 0 Å². The van der Waals surface area contributed by atoms with Crippen molar-refractivity contribution in [1.82, 2.24) is 20.0 Å². The number of amides is 1. The fourth-order valence-electron chi connectivity index (χ4n) is 2.69. The third-order valence-corrected chi connectivity index (χ3v) is 4.24. The van der Waals surface area contributed by atoms with E-state index in [0.717, 1.165) is 30.6 Å². The van der Waals surface area contributed by atoms with E-state index in [1.165, 1.54) is 12.8 Å². The number of piperidine rings is 1. The summed E-state index contributed by atoms with van der Waals surface area (Å²) in [4.78, 5) is 14.4. The van der Waals surface area contributed by atoms with E-state index in [-0.39, 0.29) is 11.9 Å². The maximum absolute atomic E-state index is 12.4. The van der Waals surface area contributed by atoms with Crippen LogP contribution in [-0.2, 0) is 18.4 Å². The lowest BCUT2D eigenvalue weighted by molar-refractivity contribution is -0.136. The van der Waals surface area contributed by atoms with Gasteiger partial charge in [-0.25, -0.2) is 0 Å². The maximum Gasteiger partial charge on any atom is 0.240 e. The van der Waals surface area contributed by atoms with E-state index >= 15 is 0 Å². The molecule has 1 amide bonds. The average Bonchev–Trinajstić information content (AvgIpc) is 3.16. The van der Waals surface area contributed by atoms with Crippen molar-refractivity contribution in [3.8, 4) is 0 Å². The van der Waals surface area contributed by atoms with E-state index in [4.69, 9.17) is 0 Å². The molecule has 2 heterocycles. The Morgan fingerprint density at radius 1 is 1.42 bits per heavy atom. The van der Waals surface area contributed by atoms with Crippen molar-refractivity contribution >= 4 is 5.91 Å². The van der Waals surface area contributed by atoms with E-state index in [9.17, 15) is 4.79 Å². The first kappa shape index (κ1) is 12.7. The summed E-state index contributed by atoms with van der Waals surface area (Å²) in [5.74, 6) is 0.265. The van der Waals surface area contributed by atoms with Gasteiger partial charge in [-0.2, -0.15) is 5.10 Å². The smallest absolute Gasteiger partial charge is 0.240 e. The second-order valence-corrected chi connectivity index (χ2v) is 5.77. The maximum atomic E-state index is 12.4. The lowest BCUT2D eigenvalue weighted by Crippen LogP contribution is -2.50. The molecule has 1 aliphatic carbocycles. The van der Waals surface area contributed by atoms with Crippen LogP contribution < -0.4 is 5.32 Å². The van der Waals surface area contributed by atoms with Crippen LogP contribution in [0.1, 0.15) is 36.9 Å². The number of aryl methyl sites for hydroxylation is 1. The van der Waals surface area contributed by atoms with Crippen LogP contribution in [-0.4, -0.2) is 39.2 Å². The Hall–Kier alpha value is -1.36. The molecule has 5 heteroatoms. The minimum Gasteiger partial charge on any atom is -0.337 e. The molecule has 0 radical (unpaired) electrons. The Morgan fingerprint density at radius 2 is 2.21 bits per heavy atom. The topological polar surface area (TPSA) is 50.2 Å². The zero-order valence-electron chi connectivity index (χ0n) is 11.7. The fourth-order valence-corrected chi connectivity index (χ4v) is 2.69. The highest BCUT2D eigenvalue weighted by Gasteiger charge is 2.33. The first-order valence-corrected chi connectivity index (χ1v) is 7.17. The number of carbonyl (C=O) groups is 1. The minimum absolute atomic E-state index is 0.0400. The molecule has 1 aromatic heterocycles. The molecule has 19 heavy (non-hydrogen) atoms. The number of rotatable bonds is 4. The third kappa shape index (κ3) is 2.66. The van der Waals surface area contributed by atoms with Gasteiger partial charge < -0.3 is 10.2 Å². The van der Waals surface area contributed by atoms with Crippen LogP contribution in [0.4, 0.5) is 0 Å². The van der Waals surface area contributed by atoms with Crippen LogP contribution in [0.2, 0.25) is 0 Å². The van der Waals surface area contributed by atoms with Crippen molar-refractivity contribution in [2.45, 2.75) is 51.2 Å². The predicted molar refractivity (Wildman–Crippen MR) is 72.5 cm³/mol. The number of aromatic nitrogens is 2. The van der Waals surface area contributed by atoms with E-state index in [1.54, 1.807) is 0 Å². The van der Waals surface area contributed by atoms with E-state index in [1.807, 2.05) is 22.8 Å². The Morgan fingerprint density at radius 3 is 2.84 bits per heavy atom. The van der Waals surface area contributed by atoms with Crippen molar-refractivity contribution in [2.75, 3.05) is 6.54 Å². The van der Waals surface area contributed by atoms with Crippen molar-refractivity contribution in [3.05, 3.63) is 17.5 Å². The van der Waals surface area contributed by atoms with Crippen molar-refractivity contribution < 1.29 is 4.79 Å². The summed E-state index contributed by atoms with van der Waals surface area (Å²) in [5, 5.41) is 7.71. The summed E-state index contributed by atoms with van der Waals surface area (Å²) < 4.78 is 1.86. The quantitative estimate of drug-likeness (QED) is 0.879. The van der Waals surface area contributed by atoms with Crippen molar-refractivity contribution in [2.24, 2.45) is 7.05 Å². The standard InChI is InChI=1S/C14H22N4O/c1-10-11(8-15-17(10)2)9-18-7-3-4-13(14(18)19)16-12-5-6-12/h8,12-13,16H,3-7,9H2,1-2H3. The summed E-state index contributed by atoms with van der Waals surface area (Å²) >= 11 is 0. The molecule has 1 N–H and O–H groups in total. The molecule has 1 unspecified atom stereocenters. The Labute approximate surface area is 114 Å². The summed E-state index contributed by atoms with van der Waals surface area (Å²) in [6, 6.07) is 0.632. The average molecular weight is 262 g/mol. The van der Waals surface area contributed by atoms with Gasteiger partial charge in [0.2, 0.25) is 5.91 Å². The van der Waals surface area contributed by atoms with Gasteiger partial charge in [-0.15, -0.1) is 0 Å². The molecule has 1 atom stereocenters. The molecule has 1 aliphatic heterocycles. The lowest BCUT2D eigenvalue weighted by Gasteiger charge is -2.32. The highest BCUT2D eigenvalue weighted by atomic mass is 16.2. The van der Waals surface area contributed by atoms with E-state index in [0.29, 0.717) is 12.6 Å². The van der Waals surface area contributed by atoms with Crippen LogP contribution in [0.3, 0.4) is 0 Å². The van der Waals surface area contributed by atoms with Crippen LogP contribution in [0.25, 0.3) is 0 Å². The number of nitrogens with zero attached hydrogens (tertiary/aromatic N) is 3. The normalized spacial score (nSPS) is 24.0. The first-order chi connectivity index (χ1) is 9.15. The summed E-state index contributed by atoms with van der Waals surface area (Å²) in [6.07, 6.45) is 6.41. The highest BCUT2D eigenvalue weighted by Crippen LogP contribution is 2.23. The van der Waals surface area contributed by atoms with Gasteiger partial charge in [0.1, 0.15) is 0 Å². The first-order valence-electron chi connectivity index (χ1n) is 7.17. The molecule has 104 valence electrons. The molecule has 2 aliphatic rings. The van der Waals surface area contributed by atoms with Gasteiger partial charge in [0.25, 0.3) is 0 Å². The second kappa shape index (κ2) is 4.96. The fraction of sp³-hybridized carbons (Fsp3) is 0.714. The molecule has 3 rings (SSSR count). The third-order valence-electron chi connectivity index (χ3n) is 4.24. The summed E-state index contributed by atoms with van der Waals surface area (Å²) in [6.45, 7) is 3.62. The van der Waals surface area contributed by atoms with Crippen LogP contribution in [0.15, 0.2) is 6.20 Å². The molecule has 5 nitrogen and oxygen atoms in total. The molecule has 2 fully saturated rings. The number of hydrogen-bond acceptors (Lipinski definition) is 3. The summed E-state index contributed by atoms with van der Waals surface area (Å²) in [7, 11) is 1.94. The molecule has 1 saturated heterocycles. The van der Waals surface area contributed by atoms with Crippen LogP contribution >= 0.6 is 0 Å². The predicted octanol–water partition coefficient (Wildman–Crippen LogP) is 0.972. The molecule has 0 spiro atoms. The molecule has 0 bridgehead atoms. The SMILES string of the molecule is Cc1c(CN2CCCC(NC3CC3)C2=O)cnn1C. The lowest BCUT2D eigenvalue weighted by atomic mass is 10.0. The minimum atomic E-state index is 0.0400. The number of hydrogen-bond donors (Lipinski definition) is 1. The van der Waals surface area contributed by atoms with Gasteiger partial charge in [0, 0.05) is 37.4 Å².